The summed E-state index contributed by atoms with van der Waals surface area (Å²) in [6.07, 6.45) is 5.87. The maximum atomic E-state index is 5.71. The summed E-state index contributed by atoms with van der Waals surface area (Å²) >= 11 is 5.71. The zero-order chi connectivity index (χ0) is 12.8. The van der Waals surface area contributed by atoms with E-state index in [-0.39, 0.29) is 0 Å². The fraction of sp³-hybridized carbons (Fsp3) is 0.357. The second-order valence-corrected chi connectivity index (χ2v) is 4.71. The molecule has 0 saturated carbocycles. The van der Waals surface area contributed by atoms with Gasteiger partial charge in [-0.2, -0.15) is 5.10 Å². The molecular formula is C14H18ClN3. The van der Waals surface area contributed by atoms with Gasteiger partial charge in [0.05, 0.1) is 6.20 Å². The number of rotatable bonds is 6. The highest BCUT2D eigenvalue weighted by atomic mass is 35.5. The van der Waals surface area contributed by atoms with Crippen molar-refractivity contribution < 1.29 is 0 Å². The Kier molecular flexibility index (Phi) is 4.65. The lowest BCUT2D eigenvalue weighted by atomic mass is 10.1. The predicted octanol–water partition coefficient (Wildman–Crippen LogP) is 2.86. The Morgan fingerprint density at radius 3 is 2.56 bits per heavy atom. The first-order chi connectivity index (χ1) is 8.78. The summed E-state index contributed by atoms with van der Waals surface area (Å²) in [4.78, 5) is 0. The molecule has 0 saturated heterocycles. The Labute approximate surface area is 113 Å². The van der Waals surface area contributed by atoms with Gasteiger partial charge in [-0.1, -0.05) is 12.1 Å². The molecule has 4 heteroatoms. The number of hydrogen-bond acceptors (Lipinski definition) is 2. The third-order valence-electron chi connectivity index (χ3n) is 2.84. The molecular weight excluding hydrogens is 246 g/mol. The minimum atomic E-state index is 0.674. The molecule has 0 fully saturated rings. The molecule has 2 aromatic rings. The monoisotopic (exact) mass is 263 g/mol. The highest BCUT2D eigenvalue weighted by Gasteiger charge is 1.97. The zero-order valence-corrected chi connectivity index (χ0v) is 11.3. The van der Waals surface area contributed by atoms with E-state index in [2.05, 4.69) is 34.7 Å². The van der Waals surface area contributed by atoms with E-state index in [1.54, 1.807) is 0 Å². The summed E-state index contributed by atoms with van der Waals surface area (Å²) in [5.74, 6) is 0.674. The molecule has 96 valence electrons. The van der Waals surface area contributed by atoms with Gasteiger partial charge in [0.25, 0.3) is 0 Å². The number of nitrogens with one attached hydrogen (secondary N) is 1. The molecule has 1 N–H and O–H groups in total. The predicted molar refractivity (Wildman–Crippen MR) is 76.3 cm³/mol. The van der Waals surface area contributed by atoms with Gasteiger partial charge in [0.1, 0.15) is 0 Å². The molecule has 0 atom stereocenters. The molecule has 0 aliphatic carbocycles. The lowest BCUT2D eigenvalue weighted by molar-refractivity contribution is 0.767. The van der Waals surface area contributed by atoms with Crippen LogP contribution in [0.2, 0.25) is 0 Å². The Bertz CT molecular complexity index is 476. The van der Waals surface area contributed by atoms with Crippen molar-refractivity contribution >= 4 is 17.3 Å². The van der Waals surface area contributed by atoms with Gasteiger partial charge in [0.2, 0.25) is 0 Å². The summed E-state index contributed by atoms with van der Waals surface area (Å²) in [6, 6.07) is 8.44. The quantitative estimate of drug-likeness (QED) is 0.813. The molecule has 1 heterocycles. The van der Waals surface area contributed by atoms with Crippen molar-refractivity contribution in [3.63, 3.8) is 0 Å². The van der Waals surface area contributed by atoms with Crippen molar-refractivity contribution in [2.24, 2.45) is 7.05 Å². The Hall–Kier alpha value is -1.48. The summed E-state index contributed by atoms with van der Waals surface area (Å²) < 4.78 is 1.83. The van der Waals surface area contributed by atoms with Crippen LogP contribution in [-0.2, 0) is 19.9 Å². The van der Waals surface area contributed by atoms with E-state index in [4.69, 9.17) is 11.6 Å². The van der Waals surface area contributed by atoms with E-state index in [0.29, 0.717) is 5.88 Å². The first kappa shape index (κ1) is 13.0. The number of anilines is 1. The van der Waals surface area contributed by atoms with Crippen LogP contribution in [0.4, 0.5) is 5.69 Å². The largest absolute Gasteiger partial charge is 0.385 e. The van der Waals surface area contributed by atoms with Crippen LogP contribution in [0.5, 0.6) is 0 Å². The normalized spacial score (nSPS) is 10.6. The number of halogens is 1. The first-order valence-corrected chi connectivity index (χ1v) is 6.67. The second-order valence-electron chi connectivity index (χ2n) is 4.33. The highest BCUT2D eigenvalue weighted by molar-refractivity contribution is 6.17. The zero-order valence-electron chi connectivity index (χ0n) is 10.6. The molecule has 2 rings (SSSR count). The fourth-order valence-electron chi connectivity index (χ4n) is 1.85. The van der Waals surface area contributed by atoms with E-state index >= 15 is 0 Å². The van der Waals surface area contributed by atoms with Crippen molar-refractivity contribution in [1.29, 1.82) is 0 Å². The van der Waals surface area contributed by atoms with Gasteiger partial charge in [-0.15, -0.1) is 11.6 Å². The van der Waals surface area contributed by atoms with Gasteiger partial charge in [0, 0.05) is 31.4 Å². The maximum Gasteiger partial charge on any atom is 0.0522 e. The number of hydrogen-bond donors (Lipinski definition) is 1. The van der Waals surface area contributed by atoms with Crippen LogP contribution in [-0.4, -0.2) is 22.2 Å². The van der Waals surface area contributed by atoms with Gasteiger partial charge >= 0.3 is 0 Å². The fourth-order valence-corrected chi connectivity index (χ4v) is 2.07. The van der Waals surface area contributed by atoms with Crippen molar-refractivity contribution in [2.45, 2.75) is 12.8 Å². The lowest BCUT2D eigenvalue weighted by Gasteiger charge is -2.06. The van der Waals surface area contributed by atoms with Gasteiger partial charge in [0.15, 0.2) is 0 Å². The molecule has 18 heavy (non-hydrogen) atoms. The number of benzene rings is 1. The van der Waals surface area contributed by atoms with Crippen LogP contribution in [0.25, 0.3) is 0 Å². The standard InChI is InChI=1S/C14H18ClN3/c1-18-11-13(10-17-18)7-9-16-14-4-2-12(3-5-14)6-8-15/h2-5,10-11,16H,6-9H2,1H3. The SMILES string of the molecule is Cn1cc(CCNc2ccc(CCCl)cc2)cn1. The molecule has 0 amide bonds. The summed E-state index contributed by atoms with van der Waals surface area (Å²) in [5, 5.41) is 7.55. The van der Waals surface area contributed by atoms with Crippen LogP contribution in [0, 0.1) is 0 Å². The molecule has 1 aromatic heterocycles. The number of aromatic nitrogens is 2. The van der Waals surface area contributed by atoms with Crippen LogP contribution in [0.3, 0.4) is 0 Å². The van der Waals surface area contributed by atoms with Crippen LogP contribution < -0.4 is 5.32 Å². The van der Waals surface area contributed by atoms with E-state index in [0.717, 1.165) is 25.1 Å². The van der Waals surface area contributed by atoms with Gasteiger partial charge in [-0.05, 0) is 36.1 Å². The van der Waals surface area contributed by atoms with Crippen LogP contribution in [0.1, 0.15) is 11.1 Å². The Balaban J connectivity index is 1.79. The number of alkyl halides is 1. The van der Waals surface area contributed by atoms with E-state index < -0.39 is 0 Å². The average Bonchev–Trinajstić information content (AvgIpc) is 2.78. The lowest BCUT2D eigenvalue weighted by Crippen LogP contribution is -2.04. The summed E-state index contributed by atoms with van der Waals surface area (Å²) in [5.41, 5.74) is 3.68. The van der Waals surface area contributed by atoms with Crippen molar-refractivity contribution in [3.05, 3.63) is 47.8 Å². The average molecular weight is 264 g/mol. The third kappa shape index (κ3) is 3.77. The topological polar surface area (TPSA) is 29.9 Å². The smallest absolute Gasteiger partial charge is 0.0522 e. The van der Waals surface area contributed by atoms with Crippen LogP contribution in [0.15, 0.2) is 36.7 Å². The second kappa shape index (κ2) is 6.45. The minimum Gasteiger partial charge on any atom is -0.385 e. The molecule has 0 unspecified atom stereocenters. The molecule has 3 nitrogen and oxygen atoms in total. The van der Waals surface area contributed by atoms with E-state index in [1.807, 2.05) is 24.1 Å². The number of aryl methyl sites for hydroxylation is 2. The van der Waals surface area contributed by atoms with Crippen molar-refractivity contribution in [2.75, 3.05) is 17.7 Å². The van der Waals surface area contributed by atoms with E-state index in [9.17, 15) is 0 Å². The summed E-state index contributed by atoms with van der Waals surface area (Å²) in [6.45, 7) is 0.917. The maximum absolute atomic E-state index is 5.71. The van der Waals surface area contributed by atoms with Crippen molar-refractivity contribution in [3.8, 4) is 0 Å². The van der Waals surface area contributed by atoms with Gasteiger partial charge in [-0.25, -0.2) is 0 Å². The third-order valence-corrected chi connectivity index (χ3v) is 3.03. The molecule has 0 aliphatic rings. The molecule has 0 bridgehead atoms. The number of nitrogens with zero attached hydrogens (tertiary/aromatic N) is 2. The highest BCUT2D eigenvalue weighted by Crippen LogP contribution is 2.10. The Morgan fingerprint density at radius 2 is 1.94 bits per heavy atom. The van der Waals surface area contributed by atoms with Crippen LogP contribution >= 0.6 is 11.6 Å². The summed E-state index contributed by atoms with van der Waals surface area (Å²) in [7, 11) is 1.94. The van der Waals surface area contributed by atoms with Gasteiger partial charge in [-0.3, -0.25) is 4.68 Å². The van der Waals surface area contributed by atoms with Crippen molar-refractivity contribution in [1.82, 2.24) is 9.78 Å². The molecule has 1 aromatic carbocycles. The minimum absolute atomic E-state index is 0.674. The molecule has 0 spiro atoms. The molecule has 0 radical (unpaired) electrons. The van der Waals surface area contributed by atoms with E-state index in [1.165, 1.54) is 11.1 Å². The first-order valence-electron chi connectivity index (χ1n) is 6.14. The molecule has 0 aliphatic heterocycles. The Morgan fingerprint density at radius 1 is 1.17 bits per heavy atom. The van der Waals surface area contributed by atoms with Gasteiger partial charge < -0.3 is 5.32 Å².